The lowest BCUT2D eigenvalue weighted by Gasteiger charge is -2.19. The van der Waals surface area contributed by atoms with Crippen LogP contribution in [0.3, 0.4) is 0 Å². The molecule has 0 aliphatic heterocycles. The van der Waals surface area contributed by atoms with Crippen molar-refractivity contribution in [3.63, 3.8) is 0 Å². The first-order valence-electron chi connectivity index (χ1n) is 8.43. The fourth-order valence-electron chi connectivity index (χ4n) is 2.56. The van der Waals surface area contributed by atoms with Crippen molar-refractivity contribution < 1.29 is 14.0 Å². The van der Waals surface area contributed by atoms with Gasteiger partial charge in [-0.05, 0) is 57.3 Å². The topological polar surface area (TPSA) is 65.8 Å². The van der Waals surface area contributed by atoms with Gasteiger partial charge in [-0.3, -0.25) is 14.5 Å². The van der Waals surface area contributed by atoms with Crippen LogP contribution in [-0.2, 0) is 11.3 Å². The van der Waals surface area contributed by atoms with Gasteiger partial charge in [0.1, 0.15) is 5.76 Å². The van der Waals surface area contributed by atoms with Crippen LogP contribution < -0.4 is 5.32 Å². The first kappa shape index (κ1) is 18.7. The Labute approximate surface area is 148 Å². The lowest BCUT2D eigenvalue weighted by molar-refractivity contribution is -0.117. The number of furan rings is 1. The maximum atomic E-state index is 12.3. The molecule has 0 aliphatic carbocycles. The zero-order valence-electron chi connectivity index (χ0n) is 15.0. The van der Waals surface area contributed by atoms with Crippen molar-refractivity contribution in [2.75, 3.05) is 32.0 Å². The van der Waals surface area contributed by atoms with E-state index in [4.69, 9.17) is 4.42 Å². The molecule has 0 fully saturated rings. The summed E-state index contributed by atoms with van der Waals surface area (Å²) in [4.78, 5) is 28.0. The Kier molecular flexibility index (Phi) is 6.77. The number of rotatable bonds is 8. The number of carbonyl (C=O) groups is 2. The van der Waals surface area contributed by atoms with Crippen LogP contribution in [0.4, 0.5) is 5.69 Å². The number of likely N-dealkylation sites (N-methyl/N-ethyl adjacent to an activating group) is 1. The Balaban J connectivity index is 1.87. The largest absolute Gasteiger partial charge is 0.468 e. The van der Waals surface area contributed by atoms with Crippen LogP contribution >= 0.6 is 0 Å². The van der Waals surface area contributed by atoms with Gasteiger partial charge in [-0.1, -0.05) is 0 Å². The molecule has 2 rings (SSSR count). The second-order valence-corrected chi connectivity index (χ2v) is 5.85. The minimum Gasteiger partial charge on any atom is -0.468 e. The summed E-state index contributed by atoms with van der Waals surface area (Å²) in [5.74, 6) is 0.701. The van der Waals surface area contributed by atoms with Crippen molar-refractivity contribution in [2.24, 2.45) is 0 Å². The Hall–Kier alpha value is -2.60. The van der Waals surface area contributed by atoms with E-state index in [0.717, 1.165) is 5.76 Å². The average molecular weight is 343 g/mol. The summed E-state index contributed by atoms with van der Waals surface area (Å²) in [5.41, 5.74) is 1.30. The van der Waals surface area contributed by atoms with E-state index < -0.39 is 0 Å². The molecule has 1 heterocycles. The van der Waals surface area contributed by atoms with Gasteiger partial charge < -0.3 is 14.6 Å². The van der Waals surface area contributed by atoms with Gasteiger partial charge in [-0.25, -0.2) is 0 Å². The van der Waals surface area contributed by atoms with Crippen LogP contribution in [-0.4, -0.2) is 48.3 Å². The third-order valence-corrected chi connectivity index (χ3v) is 3.89. The lowest BCUT2D eigenvalue weighted by Crippen LogP contribution is -2.30. The third kappa shape index (κ3) is 5.46. The van der Waals surface area contributed by atoms with Gasteiger partial charge in [0.2, 0.25) is 5.91 Å². The highest BCUT2D eigenvalue weighted by Gasteiger charge is 2.13. The summed E-state index contributed by atoms with van der Waals surface area (Å²) in [5, 5.41) is 2.84. The maximum absolute atomic E-state index is 12.3. The normalized spacial score (nSPS) is 10.7. The van der Waals surface area contributed by atoms with E-state index >= 15 is 0 Å². The molecule has 2 amide bonds. The number of benzene rings is 1. The highest BCUT2D eigenvalue weighted by Crippen LogP contribution is 2.12. The molecule has 0 aliphatic rings. The molecular formula is C19H25N3O3. The number of hydrogen-bond acceptors (Lipinski definition) is 4. The lowest BCUT2D eigenvalue weighted by atomic mass is 10.1. The molecule has 6 nitrogen and oxygen atoms in total. The summed E-state index contributed by atoms with van der Waals surface area (Å²) in [6.45, 7) is 6.08. The smallest absolute Gasteiger partial charge is 0.253 e. The zero-order valence-corrected chi connectivity index (χ0v) is 15.0. The molecule has 0 bridgehead atoms. The van der Waals surface area contributed by atoms with E-state index in [1.165, 1.54) is 0 Å². The summed E-state index contributed by atoms with van der Waals surface area (Å²) >= 11 is 0. The van der Waals surface area contributed by atoms with E-state index in [2.05, 4.69) is 5.32 Å². The molecule has 0 saturated heterocycles. The molecule has 1 N–H and O–H groups in total. The van der Waals surface area contributed by atoms with E-state index in [1.54, 1.807) is 35.4 Å². The molecule has 0 radical (unpaired) electrons. The van der Waals surface area contributed by atoms with Crippen molar-refractivity contribution in [2.45, 2.75) is 20.4 Å². The van der Waals surface area contributed by atoms with Gasteiger partial charge >= 0.3 is 0 Å². The SMILES string of the molecule is CCN(CC)C(=O)c1ccc(NC(=O)CN(C)Cc2ccco2)cc1. The first-order chi connectivity index (χ1) is 12.0. The third-order valence-electron chi connectivity index (χ3n) is 3.89. The number of carbonyl (C=O) groups excluding carboxylic acids is 2. The highest BCUT2D eigenvalue weighted by atomic mass is 16.3. The average Bonchev–Trinajstić information content (AvgIpc) is 3.09. The fourth-order valence-corrected chi connectivity index (χ4v) is 2.56. The summed E-state index contributed by atoms with van der Waals surface area (Å²) in [6, 6.07) is 10.7. The minimum atomic E-state index is -0.114. The van der Waals surface area contributed by atoms with Crippen LogP contribution in [0.15, 0.2) is 47.1 Å². The number of amides is 2. The van der Waals surface area contributed by atoms with Gasteiger partial charge in [0, 0.05) is 24.3 Å². The minimum absolute atomic E-state index is 0.000979. The molecule has 134 valence electrons. The molecule has 1 aromatic heterocycles. The molecule has 2 aromatic rings. The Morgan fingerprint density at radius 3 is 2.32 bits per heavy atom. The standard InChI is InChI=1S/C19H25N3O3/c1-4-22(5-2)19(24)15-8-10-16(11-9-15)20-18(23)14-21(3)13-17-7-6-12-25-17/h6-12H,4-5,13-14H2,1-3H3,(H,20,23). The van der Waals surface area contributed by atoms with Gasteiger partial charge in [0.15, 0.2) is 0 Å². The van der Waals surface area contributed by atoms with E-state index in [-0.39, 0.29) is 18.4 Å². The number of hydrogen-bond donors (Lipinski definition) is 1. The van der Waals surface area contributed by atoms with Crippen molar-refractivity contribution in [3.8, 4) is 0 Å². The van der Waals surface area contributed by atoms with Crippen LogP contribution in [0.1, 0.15) is 30.0 Å². The maximum Gasteiger partial charge on any atom is 0.253 e. The second kappa shape index (κ2) is 9.03. The van der Waals surface area contributed by atoms with Gasteiger partial charge in [-0.2, -0.15) is 0 Å². The quantitative estimate of drug-likeness (QED) is 0.800. The second-order valence-electron chi connectivity index (χ2n) is 5.85. The van der Waals surface area contributed by atoms with E-state index in [0.29, 0.717) is 30.9 Å². The van der Waals surface area contributed by atoms with Crippen molar-refractivity contribution in [1.82, 2.24) is 9.80 Å². The molecule has 0 spiro atoms. The predicted octanol–water partition coefficient (Wildman–Crippen LogP) is 2.83. The van der Waals surface area contributed by atoms with E-state index in [9.17, 15) is 9.59 Å². The Morgan fingerprint density at radius 1 is 1.08 bits per heavy atom. The summed E-state index contributed by atoms with van der Waals surface area (Å²) in [7, 11) is 1.86. The van der Waals surface area contributed by atoms with Crippen LogP contribution in [0.25, 0.3) is 0 Å². The van der Waals surface area contributed by atoms with Crippen LogP contribution in [0, 0.1) is 0 Å². The molecule has 0 unspecified atom stereocenters. The molecule has 25 heavy (non-hydrogen) atoms. The Bertz CT molecular complexity index is 676. The summed E-state index contributed by atoms with van der Waals surface area (Å²) < 4.78 is 5.27. The number of anilines is 1. The van der Waals surface area contributed by atoms with Gasteiger partial charge in [0.05, 0.1) is 19.4 Å². The van der Waals surface area contributed by atoms with Crippen LogP contribution in [0.5, 0.6) is 0 Å². The molecule has 1 aromatic carbocycles. The molecular weight excluding hydrogens is 318 g/mol. The van der Waals surface area contributed by atoms with Gasteiger partial charge in [0.25, 0.3) is 5.91 Å². The Morgan fingerprint density at radius 2 is 1.76 bits per heavy atom. The first-order valence-corrected chi connectivity index (χ1v) is 8.43. The van der Waals surface area contributed by atoms with Crippen molar-refractivity contribution in [1.29, 1.82) is 0 Å². The number of nitrogens with one attached hydrogen (secondary N) is 1. The summed E-state index contributed by atoms with van der Waals surface area (Å²) in [6.07, 6.45) is 1.62. The predicted molar refractivity (Wildman–Crippen MR) is 97.4 cm³/mol. The monoisotopic (exact) mass is 343 g/mol. The molecule has 6 heteroatoms. The number of nitrogens with zero attached hydrogens (tertiary/aromatic N) is 2. The molecule has 0 atom stereocenters. The fraction of sp³-hybridized carbons (Fsp3) is 0.368. The molecule has 0 saturated carbocycles. The van der Waals surface area contributed by atoms with Gasteiger partial charge in [-0.15, -0.1) is 0 Å². The van der Waals surface area contributed by atoms with E-state index in [1.807, 2.05) is 37.9 Å². The van der Waals surface area contributed by atoms with Crippen LogP contribution in [0.2, 0.25) is 0 Å². The van der Waals surface area contributed by atoms with Crippen molar-refractivity contribution >= 4 is 17.5 Å². The van der Waals surface area contributed by atoms with Crippen molar-refractivity contribution in [3.05, 3.63) is 54.0 Å². The highest BCUT2D eigenvalue weighted by molar-refractivity contribution is 5.96. The zero-order chi connectivity index (χ0) is 18.2.